The summed E-state index contributed by atoms with van der Waals surface area (Å²) in [5.74, 6) is -13.2. The number of rotatable bonds is 6. The number of Topliss-reactive ketones (excluding diaryl/α,β-unsaturated/α-hetero) is 4. The lowest BCUT2D eigenvalue weighted by atomic mass is 9.49. The zero-order chi connectivity index (χ0) is 27.4. The number of carbonyl (C=O) groups excluding carboxylic acids is 6. The third-order valence-electron chi connectivity index (χ3n) is 8.15. The number of primary amides is 1. The molecule has 0 heterocycles. The Bertz CT molecular complexity index is 1220. The van der Waals surface area contributed by atoms with Gasteiger partial charge in [0, 0.05) is 11.8 Å². The molecule has 10 heteroatoms. The Morgan fingerprint density at radius 3 is 2.43 bits per heavy atom. The lowest BCUT2D eigenvalue weighted by Gasteiger charge is -2.52. The van der Waals surface area contributed by atoms with Crippen molar-refractivity contribution < 1.29 is 43.7 Å². The maximum atomic E-state index is 13.8. The van der Waals surface area contributed by atoms with Crippen molar-refractivity contribution in [1.82, 2.24) is 0 Å². The zero-order valence-corrected chi connectivity index (χ0v) is 21.0. The molecule has 1 aromatic carbocycles. The van der Waals surface area contributed by atoms with Gasteiger partial charge in [0.2, 0.25) is 5.91 Å². The van der Waals surface area contributed by atoms with E-state index < -0.39 is 81.9 Å². The van der Waals surface area contributed by atoms with Crippen LogP contribution in [0, 0.1) is 35.5 Å². The number of benzene rings is 1. The van der Waals surface area contributed by atoms with Crippen LogP contribution in [-0.4, -0.2) is 57.4 Å². The van der Waals surface area contributed by atoms with Gasteiger partial charge in [-0.05, 0) is 48.8 Å². The fourth-order valence-electron chi connectivity index (χ4n) is 6.43. The van der Waals surface area contributed by atoms with E-state index in [1.165, 1.54) is 12.1 Å². The third-order valence-corrected chi connectivity index (χ3v) is 8.15. The molecule has 1 amide bonds. The quantitative estimate of drug-likeness (QED) is 0.286. The third kappa shape index (κ3) is 3.89. The van der Waals surface area contributed by atoms with Crippen molar-refractivity contribution in [2.45, 2.75) is 52.1 Å². The summed E-state index contributed by atoms with van der Waals surface area (Å²) in [6, 6.07) is 2.53. The molecule has 0 radical (unpaired) electrons. The number of unbranched alkanes of at least 4 members (excludes halogenated alkanes) is 1. The highest BCUT2D eigenvalue weighted by molar-refractivity contribution is 6.32. The SMILES string of the molecule is CCCCOC(=O)c1ccc(O)c2c1C[C@H]1C[C@H]3[C@H](C(C)C)C(=O)C(C(N)=O)C(=O)[C@@]3(O)C(=O)C1C2=O. The van der Waals surface area contributed by atoms with Gasteiger partial charge in [0.1, 0.15) is 5.75 Å². The maximum absolute atomic E-state index is 13.8. The molecule has 3 aliphatic rings. The molecular weight excluding hydrogens is 482 g/mol. The molecule has 6 atom stereocenters. The summed E-state index contributed by atoms with van der Waals surface area (Å²) < 4.78 is 5.31. The van der Waals surface area contributed by atoms with Crippen LogP contribution in [0.5, 0.6) is 5.75 Å². The topological polar surface area (TPSA) is 178 Å². The van der Waals surface area contributed by atoms with Crippen LogP contribution < -0.4 is 5.73 Å². The van der Waals surface area contributed by atoms with Crippen molar-refractivity contribution in [2.75, 3.05) is 6.61 Å². The van der Waals surface area contributed by atoms with E-state index in [4.69, 9.17) is 10.5 Å². The van der Waals surface area contributed by atoms with Crippen molar-refractivity contribution in [2.24, 2.45) is 41.2 Å². The molecule has 4 N–H and O–H groups in total. The molecule has 37 heavy (non-hydrogen) atoms. The molecule has 2 unspecified atom stereocenters. The molecule has 4 rings (SSSR count). The Hall–Kier alpha value is -3.40. The summed E-state index contributed by atoms with van der Waals surface area (Å²) in [5, 5.41) is 22.1. The van der Waals surface area contributed by atoms with Gasteiger partial charge in [0.15, 0.2) is 34.7 Å². The van der Waals surface area contributed by atoms with E-state index in [1.54, 1.807) is 13.8 Å². The molecule has 0 saturated heterocycles. The lowest BCUT2D eigenvalue weighted by molar-refractivity contribution is -0.182. The van der Waals surface area contributed by atoms with Crippen molar-refractivity contribution in [3.8, 4) is 5.75 Å². The number of fused-ring (bicyclic) bond motifs is 3. The van der Waals surface area contributed by atoms with Crippen molar-refractivity contribution in [3.63, 3.8) is 0 Å². The van der Waals surface area contributed by atoms with Crippen LogP contribution in [0.2, 0.25) is 0 Å². The van der Waals surface area contributed by atoms with E-state index in [0.29, 0.717) is 6.42 Å². The van der Waals surface area contributed by atoms with Gasteiger partial charge in [-0.25, -0.2) is 4.79 Å². The first kappa shape index (κ1) is 26.7. The number of amides is 1. The average molecular weight is 514 g/mol. The smallest absolute Gasteiger partial charge is 0.338 e. The standard InChI is InChI=1S/C27H31NO9/c1-4-5-8-37-26(35)13-6-7-16(29)19-14(13)9-12-10-15-17(11(2)3)21(30)20(25(28)34)24(33)27(15,36)23(32)18(12)22(19)31/h6-7,11-12,15,17-18,20,29,36H,4-5,8-10H2,1-3H3,(H2,28,34)/t12-,15-,17-,18?,20?,27-/m0/s1. The number of carbonyl (C=O) groups is 6. The number of esters is 1. The van der Waals surface area contributed by atoms with E-state index in [-0.39, 0.29) is 36.1 Å². The van der Waals surface area contributed by atoms with E-state index >= 15 is 0 Å². The molecule has 2 saturated carbocycles. The number of hydrogen-bond donors (Lipinski definition) is 3. The highest BCUT2D eigenvalue weighted by Gasteiger charge is 2.69. The molecule has 2 fully saturated rings. The zero-order valence-electron chi connectivity index (χ0n) is 21.0. The van der Waals surface area contributed by atoms with Crippen LogP contribution in [0.15, 0.2) is 12.1 Å². The first-order valence-electron chi connectivity index (χ1n) is 12.6. The highest BCUT2D eigenvalue weighted by Crippen LogP contribution is 2.53. The van der Waals surface area contributed by atoms with Crippen LogP contribution in [-0.2, 0) is 30.3 Å². The monoisotopic (exact) mass is 513 g/mol. The van der Waals surface area contributed by atoms with E-state index in [0.717, 1.165) is 6.42 Å². The largest absolute Gasteiger partial charge is 0.507 e. The van der Waals surface area contributed by atoms with Crippen LogP contribution >= 0.6 is 0 Å². The summed E-state index contributed by atoms with van der Waals surface area (Å²) in [6.07, 6.45) is 1.42. The van der Waals surface area contributed by atoms with Crippen LogP contribution in [0.4, 0.5) is 0 Å². The normalized spacial score (nSPS) is 31.0. The van der Waals surface area contributed by atoms with E-state index in [9.17, 15) is 39.0 Å². The van der Waals surface area contributed by atoms with Gasteiger partial charge >= 0.3 is 5.97 Å². The second kappa shape index (κ2) is 9.48. The number of aromatic hydroxyl groups is 1. The first-order valence-corrected chi connectivity index (χ1v) is 12.6. The van der Waals surface area contributed by atoms with Gasteiger partial charge in [-0.2, -0.15) is 0 Å². The average Bonchev–Trinajstić information content (AvgIpc) is 2.81. The number of ether oxygens (including phenoxy) is 1. The number of hydrogen-bond acceptors (Lipinski definition) is 9. The second-order valence-electron chi connectivity index (χ2n) is 10.6. The molecule has 10 nitrogen and oxygen atoms in total. The number of nitrogens with two attached hydrogens (primary N) is 1. The minimum Gasteiger partial charge on any atom is -0.507 e. The number of phenolic OH excluding ortho intramolecular Hbond substituents is 1. The van der Waals surface area contributed by atoms with Crippen molar-refractivity contribution in [1.29, 1.82) is 0 Å². The second-order valence-corrected chi connectivity index (χ2v) is 10.6. The van der Waals surface area contributed by atoms with Crippen LogP contribution in [0.1, 0.15) is 66.3 Å². The highest BCUT2D eigenvalue weighted by atomic mass is 16.5. The summed E-state index contributed by atoms with van der Waals surface area (Å²) in [5.41, 5.74) is 2.67. The molecular formula is C27H31NO9. The number of phenols is 1. The van der Waals surface area contributed by atoms with Crippen molar-refractivity contribution in [3.05, 3.63) is 28.8 Å². The minimum absolute atomic E-state index is 0.0170. The summed E-state index contributed by atoms with van der Waals surface area (Å²) >= 11 is 0. The predicted octanol–water partition coefficient (Wildman–Crippen LogP) is 1.17. The Morgan fingerprint density at radius 2 is 1.84 bits per heavy atom. The molecule has 1 aromatic rings. The Kier molecular flexibility index (Phi) is 6.83. The van der Waals surface area contributed by atoms with Gasteiger partial charge < -0.3 is 20.7 Å². The molecule has 3 aliphatic carbocycles. The fourth-order valence-corrected chi connectivity index (χ4v) is 6.43. The number of aliphatic hydroxyl groups is 1. The molecule has 198 valence electrons. The first-order chi connectivity index (χ1) is 17.4. The summed E-state index contributed by atoms with van der Waals surface area (Å²) in [7, 11) is 0. The molecule has 0 spiro atoms. The molecule has 0 aliphatic heterocycles. The van der Waals surface area contributed by atoms with E-state index in [2.05, 4.69) is 0 Å². The minimum atomic E-state index is -2.75. The van der Waals surface area contributed by atoms with Crippen LogP contribution in [0.25, 0.3) is 0 Å². The van der Waals surface area contributed by atoms with Crippen LogP contribution in [0.3, 0.4) is 0 Å². The maximum Gasteiger partial charge on any atom is 0.338 e. The molecule has 0 aromatic heterocycles. The van der Waals surface area contributed by atoms with Crippen molar-refractivity contribution >= 4 is 35.0 Å². The number of ketones is 4. The van der Waals surface area contributed by atoms with Gasteiger partial charge in [0.05, 0.1) is 23.7 Å². The van der Waals surface area contributed by atoms with Gasteiger partial charge in [-0.15, -0.1) is 0 Å². The summed E-state index contributed by atoms with van der Waals surface area (Å²) in [6.45, 7) is 5.47. The Labute approximate surface area is 213 Å². The predicted molar refractivity (Wildman–Crippen MR) is 127 cm³/mol. The fraction of sp³-hybridized carbons (Fsp3) is 0.556. The van der Waals surface area contributed by atoms with Gasteiger partial charge in [0.25, 0.3) is 0 Å². The summed E-state index contributed by atoms with van der Waals surface area (Å²) in [4.78, 5) is 78.6. The van der Waals surface area contributed by atoms with E-state index in [1.807, 2.05) is 6.92 Å². The van der Waals surface area contributed by atoms with Gasteiger partial charge in [-0.3, -0.25) is 24.0 Å². The Balaban J connectivity index is 1.81. The molecule has 0 bridgehead atoms. The Morgan fingerprint density at radius 1 is 1.16 bits per heavy atom. The van der Waals surface area contributed by atoms with Gasteiger partial charge in [-0.1, -0.05) is 27.2 Å². The lowest BCUT2D eigenvalue weighted by Crippen LogP contribution is -2.71.